The van der Waals surface area contributed by atoms with Crippen LogP contribution in [0.15, 0.2) is 24.3 Å². The number of carbonyl (C=O) groups excluding carboxylic acids is 2. The Hall–Kier alpha value is -1.88. The van der Waals surface area contributed by atoms with Crippen molar-refractivity contribution < 1.29 is 14.8 Å². The van der Waals surface area contributed by atoms with Gasteiger partial charge in [-0.05, 0) is 30.0 Å². The van der Waals surface area contributed by atoms with Gasteiger partial charge in [0, 0.05) is 18.5 Å². The molecule has 0 saturated carbocycles. The van der Waals surface area contributed by atoms with Gasteiger partial charge in [0.2, 0.25) is 5.91 Å². The Morgan fingerprint density at radius 1 is 1.21 bits per heavy atom. The Kier molecular flexibility index (Phi) is 6.02. The lowest BCUT2D eigenvalue weighted by Crippen LogP contribution is -2.26. The first-order valence-corrected chi connectivity index (χ1v) is 6.33. The number of amides is 2. The number of nitrogens with one attached hydrogen (secondary N) is 2. The second-order valence-electron chi connectivity index (χ2n) is 4.84. The first-order valence-electron chi connectivity index (χ1n) is 6.33. The highest BCUT2D eigenvalue weighted by Gasteiger charge is 2.05. The summed E-state index contributed by atoms with van der Waals surface area (Å²) in [5.41, 5.74) is 3.01. The summed E-state index contributed by atoms with van der Waals surface area (Å²) in [5, 5.41) is 11.3. The fourth-order valence-corrected chi connectivity index (χ4v) is 1.68. The highest BCUT2D eigenvalue weighted by Crippen LogP contribution is 2.05. The van der Waals surface area contributed by atoms with Gasteiger partial charge in [0.05, 0.1) is 0 Å². The maximum Gasteiger partial charge on any atom is 0.274 e. The Morgan fingerprint density at radius 2 is 1.84 bits per heavy atom. The highest BCUT2D eigenvalue weighted by atomic mass is 16.5. The van der Waals surface area contributed by atoms with Crippen molar-refractivity contribution in [2.24, 2.45) is 5.92 Å². The predicted octanol–water partition coefficient (Wildman–Crippen LogP) is 1.51. The molecule has 0 heterocycles. The van der Waals surface area contributed by atoms with Crippen LogP contribution in [0.5, 0.6) is 0 Å². The summed E-state index contributed by atoms with van der Waals surface area (Å²) < 4.78 is 0. The minimum Gasteiger partial charge on any atom is -0.356 e. The molecule has 3 N–H and O–H groups in total. The minimum atomic E-state index is -0.531. The van der Waals surface area contributed by atoms with Crippen molar-refractivity contribution in [3.63, 3.8) is 0 Å². The summed E-state index contributed by atoms with van der Waals surface area (Å²) in [5.74, 6) is -0.112. The van der Waals surface area contributed by atoms with Gasteiger partial charge >= 0.3 is 0 Å². The zero-order chi connectivity index (χ0) is 14.3. The Morgan fingerprint density at radius 3 is 2.37 bits per heavy atom. The summed E-state index contributed by atoms with van der Waals surface area (Å²) in [6, 6.07) is 6.88. The molecule has 1 aromatic rings. The molecule has 0 saturated heterocycles. The van der Waals surface area contributed by atoms with Crippen LogP contribution in [0.1, 0.15) is 36.2 Å². The van der Waals surface area contributed by atoms with Gasteiger partial charge in [-0.2, -0.15) is 0 Å². The molecule has 0 unspecified atom stereocenters. The van der Waals surface area contributed by atoms with E-state index in [2.05, 4.69) is 5.32 Å². The van der Waals surface area contributed by atoms with Crippen LogP contribution >= 0.6 is 0 Å². The van der Waals surface area contributed by atoms with Crippen LogP contribution in [-0.2, 0) is 11.2 Å². The molecule has 0 radical (unpaired) electrons. The summed E-state index contributed by atoms with van der Waals surface area (Å²) in [4.78, 5) is 22.5. The number of rotatable bonds is 6. The van der Waals surface area contributed by atoms with Crippen molar-refractivity contribution in [2.75, 3.05) is 6.54 Å². The molecular formula is C14H20N2O3. The molecule has 0 aliphatic rings. The molecule has 5 nitrogen and oxygen atoms in total. The molecule has 5 heteroatoms. The molecule has 0 spiro atoms. The number of hydrogen-bond donors (Lipinski definition) is 3. The fraction of sp³-hybridized carbons (Fsp3) is 0.429. The van der Waals surface area contributed by atoms with Crippen LogP contribution < -0.4 is 10.8 Å². The van der Waals surface area contributed by atoms with Gasteiger partial charge in [0.1, 0.15) is 0 Å². The SMILES string of the molecule is CC(C)CC(=O)NCCc1ccc(C(=O)NO)cc1. The average Bonchev–Trinajstić information content (AvgIpc) is 2.37. The Bertz CT molecular complexity index is 427. The smallest absolute Gasteiger partial charge is 0.274 e. The van der Waals surface area contributed by atoms with E-state index in [1.54, 1.807) is 29.7 Å². The number of carbonyl (C=O) groups is 2. The van der Waals surface area contributed by atoms with Crippen LogP contribution in [0.25, 0.3) is 0 Å². The van der Waals surface area contributed by atoms with Crippen molar-refractivity contribution >= 4 is 11.8 Å². The fourth-order valence-electron chi connectivity index (χ4n) is 1.68. The van der Waals surface area contributed by atoms with Crippen LogP contribution in [0.3, 0.4) is 0 Å². The van der Waals surface area contributed by atoms with E-state index in [-0.39, 0.29) is 5.91 Å². The van der Waals surface area contributed by atoms with Gasteiger partial charge in [-0.25, -0.2) is 5.48 Å². The van der Waals surface area contributed by atoms with Crippen molar-refractivity contribution in [3.05, 3.63) is 35.4 Å². The maximum absolute atomic E-state index is 11.4. The summed E-state index contributed by atoms with van der Waals surface area (Å²) >= 11 is 0. The second-order valence-corrected chi connectivity index (χ2v) is 4.84. The van der Waals surface area contributed by atoms with E-state index in [1.165, 1.54) is 0 Å². The number of hydroxylamine groups is 1. The summed E-state index contributed by atoms with van der Waals surface area (Å²) in [6.45, 7) is 4.59. The molecule has 0 bridgehead atoms. The van der Waals surface area contributed by atoms with Crippen LogP contribution in [0.2, 0.25) is 0 Å². The van der Waals surface area contributed by atoms with E-state index < -0.39 is 5.91 Å². The zero-order valence-electron chi connectivity index (χ0n) is 11.3. The van der Waals surface area contributed by atoms with E-state index in [1.807, 2.05) is 13.8 Å². The van der Waals surface area contributed by atoms with Gasteiger partial charge in [0.15, 0.2) is 0 Å². The highest BCUT2D eigenvalue weighted by molar-refractivity contribution is 5.93. The normalized spacial score (nSPS) is 10.3. The third kappa shape index (κ3) is 5.52. The first kappa shape index (κ1) is 15.2. The molecule has 0 aromatic heterocycles. The van der Waals surface area contributed by atoms with Crippen molar-refractivity contribution in [2.45, 2.75) is 26.7 Å². The van der Waals surface area contributed by atoms with E-state index >= 15 is 0 Å². The zero-order valence-corrected chi connectivity index (χ0v) is 11.3. The summed E-state index contributed by atoms with van der Waals surface area (Å²) in [6.07, 6.45) is 1.25. The van der Waals surface area contributed by atoms with Crippen LogP contribution in [0, 0.1) is 5.92 Å². The molecule has 2 amide bonds. The first-order chi connectivity index (χ1) is 9.02. The lowest BCUT2D eigenvalue weighted by atomic mass is 10.1. The van der Waals surface area contributed by atoms with E-state index in [4.69, 9.17) is 5.21 Å². The Labute approximate surface area is 113 Å². The quantitative estimate of drug-likeness (QED) is 0.538. The van der Waals surface area contributed by atoms with Gasteiger partial charge in [-0.15, -0.1) is 0 Å². The van der Waals surface area contributed by atoms with E-state index in [9.17, 15) is 9.59 Å². The van der Waals surface area contributed by atoms with E-state index in [0.717, 1.165) is 5.56 Å². The molecular weight excluding hydrogens is 244 g/mol. The Balaban J connectivity index is 2.38. The molecule has 1 aromatic carbocycles. The topological polar surface area (TPSA) is 78.4 Å². The van der Waals surface area contributed by atoms with Gasteiger partial charge in [-0.1, -0.05) is 26.0 Å². The third-order valence-electron chi connectivity index (χ3n) is 2.65. The molecule has 104 valence electrons. The van der Waals surface area contributed by atoms with Crippen molar-refractivity contribution in [1.29, 1.82) is 0 Å². The van der Waals surface area contributed by atoms with Crippen LogP contribution in [0.4, 0.5) is 0 Å². The van der Waals surface area contributed by atoms with Crippen LogP contribution in [-0.4, -0.2) is 23.6 Å². The van der Waals surface area contributed by atoms with Gasteiger partial charge in [0.25, 0.3) is 5.91 Å². The van der Waals surface area contributed by atoms with E-state index in [0.29, 0.717) is 30.9 Å². The van der Waals surface area contributed by atoms with Gasteiger partial charge in [-0.3, -0.25) is 14.8 Å². The lowest BCUT2D eigenvalue weighted by molar-refractivity contribution is -0.121. The third-order valence-corrected chi connectivity index (χ3v) is 2.65. The average molecular weight is 264 g/mol. The lowest BCUT2D eigenvalue weighted by Gasteiger charge is -2.07. The molecule has 1 rings (SSSR count). The number of benzene rings is 1. The second kappa shape index (κ2) is 7.53. The molecule has 0 atom stereocenters. The monoisotopic (exact) mass is 264 g/mol. The molecule has 0 aliphatic heterocycles. The minimum absolute atomic E-state index is 0.0614. The van der Waals surface area contributed by atoms with Crippen molar-refractivity contribution in [1.82, 2.24) is 10.8 Å². The predicted molar refractivity (Wildman–Crippen MR) is 71.9 cm³/mol. The number of hydrogen-bond acceptors (Lipinski definition) is 3. The largest absolute Gasteiger partial charge is 0.356 e. The molecule has 0 fully saturated rings. The van der Waals surface area contributed by atoms with Crippen molar-refractivity contribution in [3.8, 4) is 0 Å². The summed E-state index contributed by atoms with van der Waals surface area (Å²) in [7, 11) is 0. The molecule has 0 aliphatic carbocycles. The van der Waals surface area contributed by atoms with Gasteiger partial charge < -0.3 is 5.32 Å². The standard InChI is InChI=1S/C14H20N2O3/c1-10(2)9-13(17)15-8-7-11-3-5-12(6-4-11)14(18)16-19/h3-6,10,19H,7-9H2,1-2H3,(H,15,17)(H,16,18). The maximum atomic E-state index is 11.4. The molecule has 19 heavy (non-hydrogen) atoms.